The number of urea groups is 1. The van der Waals surface area contributed by atoms with Crippen molar-refractivity contribution < 1.29 is 24.0 Å². The summed E-state index contributed by atoms with van der Waals surface area (Å²) in [4.78, 5) is 48.8. The fourth-order valence-corrected chi connectivity index (χ4v) is 3.76. The van der Waals surface area contributed by atoms with Crippen molar-refractivity contribution in [1.29, 1.82) is 0 Å². The molecular weight excluding hydrogens is 542 g/mol. The fourth-order valence-electron chi connectivity index (χ4n) is 3.25. The van der Waals surface area contributed by atoms with Crippen molar-refractivity contribution in [2.24, 2.45) is 0 Å². The molecule has 3 aromatic carbocycles. The van der Waals surface area contributed by atoms with E-state index in [0.29, 0.717) is 22.6 Å². The zero-order chi connectivity index (χ0) is 25.1. The number of non-ortho nitro benzene ring substituents is 1. The van der Waals surface area contributed by atoms with Gasteiger partial charge in [-0.05, 0) is 65.7 Å². The Kier molecular flexibility index (Phi) is 6.94. The second-order valence-electron chi connectivity index (χ2n) is 7.34. The standard InChI is InChI=1S/C24H15BrClN3O6/c25-16-4-8-17(9-5-16)28-23(31)19(22(30)27-24(28)32)11-15-3-10-21(20(26)12-15)35-13-14-1-6-18(7-2-14)29(33)34/h1-12H,13H2,(H,27,30,32)/b19-11+. The number of halogens is 2. The van der Waals surface area contributed by atoms with Crippen LogP contribution < -0.4 is 15.0 Å². The smallest absolute Gasteiger partial charge is 0.335 e. The van der Waals surface area contributed by atoms with Crippen LogP contribution in [0, 0.1) is 10.1 Å². The number of carbonyl (C=O) groups is 3. The minimum atomic E-state index is -0.840. The number of amides is 4. The Labute approximate surface area is 212 Å². The molecule has 1 heterocycles. The van der Waals surface area contributed by atoms with E-state index < -0.39 is 22.8 Å². The first-order valence-electron chi connectivity index (χ1n) is 10.1. The summed E-state index contributed by atoms with van der Waals surface area (Å²) >= 11 is 9.61. The Morgan fingerprint density at radius 2 is 1.71 bits per heavy atom. The summed E-state index contributed by atoms with van der Waals surface area (Å²) in [5, 5.41) is 13.1. The number of nitro benzene ring substituents is 1. The van der Waals surface area contributed by atoms with Gasteiger partial charge < -0.3 is 4.74 Å². The van der Waals surface area contributed by atoms with Gasteiger partial charge in [0.05, 0.1) is 15.6 Å². The molecule has 9 nitrogen and oxygen atoms in total. The highest BCUT2D eigenvalue weighted by Crippen LogP contribution is 2.29. The van der Waals surface area contributed by atoms with E-state index in [1.165, 1.54) is 24.3 Å². The second-order valence-corrected chi connectivity index (χ2v) is 8.66. The molecule has 3 aromatic rings. The highest BCUT2D eigenvalue weighted by Gasteiger charge is 2.36. The first-order chi connectivity index (χ1) is 16.7. The Morgan fingerprint density at radius 1 is 1.03 bits per heavy atom. The fraction of sp³-hybridized carbons (Fsp3) is 0.0417. The van der Waals surface area contributed by atoms with Crippen LogP contribution in [0.4, 0.5) is 16.2 Å². The summed E-state index contributed by atoms with van der Waals surface area (Å²) in [6, 6.07) is 16.3. The van der Waals surface area contributed by atoms with Gasteiger partial charge in [0.25, 0.3) is 17.5 Å². The van der Waals surface area contributed by atoms with Crippen LogP contribution in [-0.4, -0.2) is 22.8 Å². The normalized spacial score (nSPS) is 14.7. The van der Waals surface area contributed by atoms with Crippen LogP contribution in [0.25, 0.3) is 6.08 Å². The molecule has 11 heteroatoms. The predicted octanol–water partition coefficient (Wildman–Crippen LogP) is 5.26. The summed E-state index contributed by atoms with van der Waals surface area (Å²) < 4.78 is 6.45. The lowest BCUT2D eigenvalue weighted by molar-refractivity contribution is -0.384. The predicted molar refractivity (Wildman–Crippen MR) is 132 cm³/mol. The van der Waals surface area contributed by atoms with Crippen molar-refractivity contribution >= 4 is 62.8 Å². The Hall–Kier alpha value is -4.02. The number of nitrogens with zero attached hydrogens (tertiary/aromatic N) is 2. The van der Waals surface area contributed by atoms with E-state index >= 15 is 0 Å². The van der Waals surface area contributed by atoms with Crippen molar-refractivity contribution in [2.45, 2.75) is 6.61 Å². The van der Waals surface area contributed by atoms with E-state index in [2.05, 4.69) is 21.2 Å². The van der Waals surface area contributed by atoms with Crippen LogP contribution >= 0.6 is 27.5 Å². The number of carbonyl (C=O) groups excluding carboxylic acids is 3. The van der Waals surface area contributed by atoms with E-state index in [9.17, 15) is 24.5 Å². The van der Waals surface area contributed by atoms with E-state index in [4.69, 9.17) is 16.3 Å². The number of anilines is 1. The zero-order valence-electron chi connectivity index (χ0n) is 17.7. The number of imide groups is 2. The van der Waals surface area contributed by atoms with Crippen LogP contribution in [0.3, 0.4) is 0 Å². The third kappa shape index (κ3) is 5.39. The molecule has 1 N–H and O–H groups in total. The highest BCUT2D eigenvalue weighted by atomic mass is 79.9. The maximum atomic E-state index is 13.0. The van der Waals surface area contributed by atoms with Gasteiger partial charge in [-0.2, -0.15) is 0 Å². The molecular formula is C24H15BrClN3O6. The molecule has 0 saturated carbocycles. The number of hydrogen-bond donors (Lipinski definition) is 1. The maximum absolute atomic E-state index is 13.0. The average molecular weight is 557 g/mol. The van der Waals surface area contributed by atoms with Crippen molar-refractivity contribution in [3.05, 3.63) is 103 Å². The molecule has 0 unspecified atom stereocenters. The number of hydrogen-bond acceptors (Lipinski definition) is 6. The monoisotopic (exact) mass is 555 g/mol. The van der Waals surface area contributed by atoms with Crippen molar-refractivity contribution in [2.75, 3.05) is 4.90 Å². The number of rotatable bonds is 6. The average Bonchev–Trinajstić information content (AvgIpc) is 2.82. The molecule has 1 aliphatic rings. The lowest BCUT2D eigenvalue weighted by Gasteiger charge is -2.26. The van der Waals surface area contributed by atoms with E-state index in [0.717, 1.165) is 9.37 Å². The molecule has 1 aliphatic heterocycles. The van der Waals surface area contributed by atoms with Crippen LogP contribution in [0.5, 0.6) is 5.75 Å². The van der Waals surface area contributed by atoms with Gasteiger partial charge in [0.2, 0.25) is 0 Å². The Bertz CT molecular complexity index is 1370. The minimum Gasteiger partial charge on any atom is -0.487 e. The van der Waals surface area contributed by atoms with Crippen molar-refractivity contribution in [3.8, 4) is 5.75 Å². The van der Waals surface area contributed by atoms with E-state index in [1.807, 2.05) is 0 Å². The quantitative estimate of drug-likeness (QED) is 0.192. The first-order valence-corrected chi connectivity index (χ1v) is 11.2. The molecule has 0 aromatic heterocycles. The van der Waals surface area contributed by atoms with Gasteiger partial charge in [0, 0.05) is 16.6 Å². The molecule has 0 radical (unpaired) electrons. The van der Waals surface area contributed by atoms with Crippen molar-refractivity contribution in [1.82, 2.24) is 5.32 Å². The topological polar surface area (TPSA) is 119 Å². The molecule has 0 atom stereocenters. The summed E-state index contributed by atoms with van der Waals surface area (Å²) in [6.07, 6.45) is 1.34. The number of barbiturate groups is 1. The molecule has 1 saturated heterocycles. The Morgan fingerprint density at radius 3 is 2.34 bits per heavy atom. The lowest BCUT2D eigenvalue weighted by atomic mass is 10.1. The zero-order valence-corrected chi connectivity index (χ0v) is 20.1. The second kappa shape index (κ2) is 10.1. The third-order valence-electron chi connectivity index (χ3n) is 4.99. The third-order valence-corrected chi connectivity index (χ3v) is 5.82. The van der Waals surface area contributed by atoms with Gasteiger partial charge in [0.15, 0.2) is 0 Å². The summed E-state index contributed by atoms with van der Waals surface area (Å²) in [7, 11) is 0. The lowest BCUT2D eigenvalue weighted by Crippen LogP contribution is -2.54. The minimum absolute atomic E-state index is 0.0223. The van der Waals surface area contributed by atoms with E-state index in [1.54, 1.807) is 48.5 Å². The van der Waals surface area contributed by atoms with Crippen LogP contribution in [0.15, 0.2) is 76.8 Å². The molecule has 0 bridgehead atoms. The molecule has 0 aliphatic carbocycles. The molecule has 4 rings (SSSR count). The van der Waals surface area contributed by atoms with Crippen LogP contribution in [0.1, 0.15) is 11.1 Å². The van der Waals surface area contributed by atoms with Crippen molar-refractivity contribution in [3.63, 3.8) is 0 Å². The maximum Gasteiger partial charge on any atom is 0.335 e. The summed E-state index contributed by atoms with van der Waals surface area (Å²) in [6.45, 7) is 0.128. The van der Waals surface area contributed by atoms with Crippen LogP contribution in [0.2, 0.25) is 5.02 Å². The van der Waals surface area contributed by atoms with Gasteiger partial charge in [-0.3, -0.25) is 25.0 Å². The van der Waals surface area contributed by atoms with Gasteiger partial charge >= 0.3 is 6.03 Å². The van der Waals surface area contributed by atoms with Gasteiger partial charge in [-0.1, -0.05) is 33.6 Å². The summed E-state index contributed by atoms with van der Waals surface area (Å²) in [5.74, 6) is -1.24. The molecule has 176 valence electrons. The molecule has 1 fully saturated rings. The van der Waals surface area contributed by atoms with E-state index in [-0.39, 0.29) is 22.9 Å². The summed E-state index contributed by atoms with van der Waals surface area (Å²) in [5.41, 5.74) is 1.21. The SMILES string of the molecule is O=C1NC(=O)N(c2ccc(Br)cc2)C(=O)/C1=C/c1ccc(OCc2ccc([N+](=O)[O-])cc2)c(Cl)c1. The molecule has 35 heavy (non-hydrogen) atoms. The largest absolute Gasteiger partial charge is 0.487 e. The van der Waals surface area contributed by atoms with Gasteiger partial charge in [-0.15, -0.1) is 0 Å². The molecule has 0 spiro atoms. The number of nitro groups is 1. The number of nitrogens with one attached hydrogen (secondary N) is 1. The van der Waals surface area contributed by atoms with Gasteiger partial charge in [-0.25, -0.2) is 9.69 Å². The highest BCUT2D eigenvalue weighted by molar-refractivity contribution is 9.10. The Balaban J connectivity index is 1.52. The number of benzene rings is 3. The number of ether oxygens (including phenoxy) is 1. The molecule has 4 amide bonds. The van der Waals surface area contributed by atoms with Crippen LogP contribution in [-0.2, 0) is 16.2 Å². The first kappa shape index (κ1) is 24.1. The van der Waals surface area contributed by atoms with Gasteiger partial charge in [0.1, 0.15) is 17.9 Å².